The number of ether oxygens (including phenoxy) is 3. The second-order valence-corrected chi connectivity index (χ2v) is 18.2. The third kappa shape index (κ3) is 10.6. The average Bonchev–Trinajstić information content (AvgIpc) is 4.00. The van der Waals surface area contributed by atoms with Crippen LogP contribution < -0.4 is 25.2 Å². The van der Waals surface area contributed by atoms with E-state index in [2.05, 4.69) is 26.7 Å². The first-order chi connectivity index (χ1) is 25.8. The molecular weight excluding hydrogens is 734 g/mol. The Hall–Kier alpha value is -4.47. The molecule has 4 amide bonds. The van der Waals surface area contributed by atoms with E-state index in [-0.39, 0.29) is 53.7 Å². The molecule has 0 radical (unpaired) electrons. The Labute approximate surface area is 326 Å². The zero-order valence-electron chi connectivity index (χ0n) is 32.4. The summed E-state index contributed by atoms with van der Waals surface area (Å²) in [4.78, 5) is 57.3. The van der Waals surface area contributed by atoms with E-state index < -0.39 is 62.3 Å². The van der Waals surface area contributed by atoms with E-state index in [1.165, 1.54) is 23.2 Å². The van der Waals surface area contributed by atoms with Crippen LogP contribution in [0.25, 0.3) is 10.8 Å². The molecule has 3 heterocycles. The molecule has 4 aliphatic rings. The fourth-order valence-corrected chi connectivity index (χ4v) is 8.67. The molecular formula is C39H60FN5O9S. The van der Waals surface area contributed by atoms with E-state index in [1.54, 1.807) is 26.8 Å². The van der Waals surface area contributed by atoms with Gasteiger partial charge in [-0.15, -0.1) is 0 Å². The van der Waals surface area contributed by atoms with Crippen molar-refractivity contribution in [2.24, 2.45) is 23.5 Å². The standard InChI is InChI=1S/C34H43FN4O7S.C5H11NO2.3H2/c1-4-45-29-18-36-32(27-15-23(35)9-12-26(27)29)46-24-16-28-31(41)37-34(33(42)38-47(43,44)25-10-11-25)17-22(34)8-6-5-7-20(2)13-21(3)14-30(40)39(28)19-24;1-5(2,3)8-4(6)7;;;/h6,8-9,12,15,18,20-22,24-25,28H,4-5,7,10-11,13-14,16-17,19H2,1-3H3,(H,37,41)(H,38,42);1-3H3,(H2,6,7);3*1H/b8-6-;;;;/t20-,21-,22-,24-,28+,34-;;;;/m1..../s1. The highest BCUT2D eigenvalue weighted by molar-refractivity contribution is 7.91. The van der Waals surface area contributed by atoms with Gasteiger partial charge in [0.2, 0.25) is 27.7 Å². The van der Waals surface area contributed by atoms with E-state index >= 15 is 0 Å². The number of primary amides is 1. The first kappa shape index (κ1) is 41.7. The number of halogens is 1. The molecule has 2 aromatic rings. The predicted octanol–water partition coefficient (Wildman–Crippen LogP) is 5.62. The summed E-state index contributed by atoms with van der Waals surface area (Å²) in [5.74, 6) is -1.31. The van der Waals surface area contributed by atoms with Crippen LogP contribution in [-0.4, -0.2) is 83.8 Å². The number of rotatable bonds is 7. The van der Waals surface area contributed by atoms with Gasteiger partial charge in [0.25, 0.3) is 5.91 Å². The number of allylic oxidation sites excluding steroid dienone is 1. The van der Waals surface area contributed by atoms with Crippen LogP contribution in [-0.2, 0) is 29.1 Å². The molecule has 6 atom stereocenters. The number of nitrogens with one attached hydrogen (secondary N) is 2. The minimum atomic E-state index is -3.84. The van der Waals surface area contributed by atoms with Gasteiger partial charge in [-0.1, -0.05) is 26.0 Å². The summed E-state index contributed by atoms with van der Waals surface area (Å²) >= 11 is 0. The molecule has 1 saturated heterocycles. The number of fused-ring (bicyclic) bond motifs is 3. The molecule has 6 rings (SSSR count). The molecule has 0 bridgehead atoms. The number of aromatic nitrogens is 1. The van der Waals surface area contributed by atoms with Gasteiger partial charge in [0.05, 0.1) is 30.0 Å². The number of hydrogen-bond acceptors (Lipinski definition) is 10. The maximum Gasteiger partial charge on any atom is 0.405 e. The van der Waals surface area contributed by atoms with Gasteiger partial charge < -0.3 is 30.2 Å². The third-order valence-corrected chi connectivity index (χ3v) is 12.0. The van der Waals surface area contributed by atoms with Crippen LogP contribution in [0.3, 0.4) is 0 Å². The van der Waals surface area contributed by atoms with Crippen molar-refractivity contribution < 1.29 is 50.5 Å². The molecule has 2 aliphatic heterocycles. The van der Waals surface area contributed by atoms with Crippen molar-refractivity contribution in [2.45, 2.75) is 121 Å². The van der Waals surface area contributed by atoms with Crippen LogP contribution in [0.15, 0.2) is 36.5 Å². The van der Waals surface area contributed by atoms with Gasteiger partial charge in [-0.2, -0.15) is 0 Å². The SMILES string of the molecule is CC(C)(C)OC(N)=O.CCOc1cnc(O[C@@H]2C[C@H]3C(=O)N[C@]4(C(=O)NS(=O)(=O)C5CC5)C[C@H]4/C=C\CC[C@@H](C)C[C@@H](C)CC(=O)N3C2)c2cc(F)ccc12.[HH].[HH].[HH]. The molecule has 1 aromatic heterocycles. The number of sulfonamides is 1. The van der Waals surface area contributed by atoms with E-state index in [0.717, 1.165) is 19.3 Å². The lowest BCUT2D eigenvalue weighted by Gasteiger charge is -2.27. The van der Waals surface area contributed by atoms with Gasteiger partial charge in [-0.25, -0.2) is 22.6 Å². The maximum atomic E-state index is 14.4. The largest absolute Gasteiger partial charge is 0.492 e. The Balaban J connectivity index is 0.000000957. The van der Waals surface area contributed by atoms with Crippen molar-refractivity contribution in [2.75, 3.05) is 13.2 Å². The summed E-state index contributed by atoms with van der Waals surface area (Å²) in [6, 6.07) is 3.27. The Morgan fingerprint density at radius 1 is 1.13 bits per heavy atom. The van der Waals surface area contributed by atoms with Gasteiger partial charge >= 0.3 is 6.09 Å². The number of hydrogen-bond donors (Lipinski definition) is 3. The van der Waals surface area contributed by atoms with E-state index in [9.17, 15) is 32.0 Å². The van der Waals surface area contributed by atoms with Crippen molar-refractivity contribution in [1.29, 1.82) is 0 Å². The average molecular weight is 794 g/mol. The highest BCUT2D eigenvalue weighted by Gasteiger charge is 2.62. The molecule has 1 aromatic carbocycles. The summed E-state index contributed by atoms with van der Waals surface area (Å²) in [5, 5.41) is 3.29. The van der Waals surface area contributed by atoms with Crippen molar-refractivity contribution in [3.63, 3.8) is 0 Å². The van der Waals surface area contributed by atoms with Crippen LogP contribution in [0.4, 0.5) is 9.18 Å². The molecule has 16 heteroatoms. The smallest absolute Gasteiger partial charge is 0.405 e. The molecule has 2 saturated carbocycles. The van der Waals surface area contributed by atoms with Crippen LogP contribution in [0.2, 0.25) is 0 Å². The van der Waals surface area contributed by atoms with Crippen molar-refractivity contribution in [3.05, 3.63) is 42.4 Å². The van der Waals surface area contributed by atoms with Gasteiger partial charge in [0, 0.05) is 28.4 Å². The minimum Gasteiger partial charge on any atom is -0.492 e. The lowest BCUT2D eigenvalue weighted by molar-refractivity contribution is -0.140. The zero-order valence-corrected chi connectivity index (χ0v) is 33.2. The Kier molecular flexibility index (Phi) is 12.7. The lowest BCUT2D eigenvalue weighted by atomic mass is 9.91. The second-order valence-electron chi connectivity index (χ2n) is 16.2. The molecule has 2 aliphatic carbocycles. The monoisotopic (exact) mass is 793 g/mol. The van der Waals surface area contributed by atoms with Crippen molar-refractivity contribution in [1.82, 2.24) is 19.9 Å². The van der Waals surface area contributed by atoms with E-state index in [0.29, 0.717) is 41.9 Å². The van der Waals surface area contributed by atoms with Gasteiger partial charge in [0.15, 0.2) is 0 Å². The third-order valence-electron chi connectivity index (χ3n) is 10.1. The van der Waals surface area contributed by atoms with Crippen LogP contribution in [0.1, 0.15) is 97.2 Å². The van der Waals surface area contributed by atoms with Crippen molar-refractivity contribution in [3.8, 4) is 11.6 Å². The van der Waals surface area contributed by atoms with Gasteiger partial charge in [0.1, 0.15) is 34.9 Å². The molecule has 308 valence electrons. The van der Waals surface area contributed by atoms with Crippen LogP contribution in [0.5, 0.6) is 11.6 Å². The van der Waals surface area contributed by atoms with E-state index in [4.69, 9.17) is 15.2 Å². The molecule has 55 heavy (non-hydrogen) atoms. The fraction of sp³-hybridized carbons (Fsp3) is 0.615. The minimum absolute atomic E-state index is 0. The summed E-state index contributed by atoms with van der Waals surface area (Å²) in [7, 11) is -3.84. The topological polar surface area (TPSA) is 196 Å². The number of benzene rings is 1. The lowest BCUT2D eigenvalue weighted by Crippen LogP contribution is -2.56. The van der Waals surface area contributed by atoms with E-state index in [1.807, 2.05) is 26.0 Å². The summed E-state index contributed by atoms with van der Waals surface area (Å²) < 4.78 is 58.5. The Morgan fingerprint density at radius 2 is 1.85 bits per heavy atom. The number of carbonyl (C=O) groups is 4. The fourth-order valence-electron chi connectivity index (χ4n) is 7.31. The summed E-state index contributed by atoms with van der Waals surface area (Å²) in [5.41, 5.74) is 2.83. The molecule has 0 unspecified atom stereocenters. The first-order valence-corrected chi connectivity index (χ1v) is 20.6. The van der Waals surface area contributed by atoms with Crippen LogP contribution >= 0.6 is 0 Å². The van der Waals surface area contributed by atoms with Gasteiger partial charge in [-0.05, 0) is 96.3 Å². The number of carbonyl (C=O) groups excluding carboxylic acids is 4. The predicted molar refractivity (Wildman–Crippen MR) is 209 cm³/mol. The highest BCUT2D eigenvalue weighted by Crippen LogP contribution is 2.46. The first-order valence-electron chi connectivity index (χ1n) is 19.0. The molecule has 0 spiro atoms. The van der Waals surface area contributed by atoms with Gasteiger partial charge in [-0.3, -0.25) is 19.1 Å². The Morgan fingerprint density at radius 3 is 2.49 bits per heavy atom. The number of pyridine rings is 1. The highest BCUT2D eigenvalue weighted by atomic mass is 32.2. The zero-order chi connectivity index (χ0) is 40.3. The molecule has 14 nitrogen and oxygen atoms in total. The Bertz CT molecular complexity index is 1930. The number of nitrogens with zero attached hydrogens (tertiary/aromatic N) is 2. The normalized spacial score (nSPS) is 27.8. The quantitative estimate of drug-likeness (QED) is 0.296. The number of amides is 4. The number of nitrogens with two attached hydrogens (primary N) is 1. The molecule has 4 N–H and O–H groups in total. The maximum absolute atomic E-state index is 14.4. The van der Waals surface area contributed by atoms with Crippen molar-refractivity contribution >= 4 is 44.6 Å². The summed E-state index contributed by atoms with van der Waals surface area (Å²) in [6.45, 7) is 11.8. The second kappa shape index (κ2) is 16.7. The summed E-state index contributed by atoms with van der Waals surface area (Å²) in [6.07, 6.45) is 8.11. The molecule has 3 fully saturated rings. The van der Waals surface area contributed by atoms with Crippen LogP contribution in [0, 0.1) is 23.6 Å².